The second-order valence-corrected chi connectivity index (χ2v) is 6.51. The average molecular weight is 370 g/mol. The molecule has 0 atom stereocenters. The largest absolute Gasteiger partial charge is 0.325 e. The van der Waals surface area contributed by atoms with E-state index in [2.05, 4.69) is 5.32 Å². The summed E-state index contributed by atoms with van der Waals surface area (Å²) >= 11 is 12.2. The Kier molecular flexibility index (Phi) is 5.75. The number of carbonyl (C=O) groups is 1. The van der Waals surface area contributed by atoms with Gasteiger partial charge in [0.15, 0.2) is 0 Å². The monoisotopic (exact) mass is 369 g/mol. The number of benzene rings is 3. The van der Waals surface area contributed by atoms with Crippen LogP contribution >= 0.6 is 23.2 Å². The van der Waals surface area contributed by atoms with Gasteiger partial charge in [-0.2, -0.15) is 0 Å². The van der Waals surface area contributed by atoms with Crippen molar-refractivity contribution in [3.63, 3.8) is 0 Å². The molecule has 1 amide bonds. The van der Waals surface area contributed by atoms with Crippen LogP contribution < -0.4 is 5.32 Å². The standard InChI is InChI=1S/C21H17Cl2NO/c22-18-12-7-13-19(21(18)23)24-20(25)14-17(15-8-3-1-4-9-15)16-10-5-2-6-11-16/h1-13,17H,14H2,(H,24,25). The third kappa shape index (κ3) is 4.41. The molecule has 0 bridgehead atoms. The van der Waals surface area contributed by atoms with Crippen LogP contribution in [0, 0.1) is 0 Å². The lowest BCUT2D eigenvalue weighted by atomic mass is 9.88. The van der Waals surface area contributed by atoms with Crippen molar-refractivity contribution in [3.8, 4) is 0 Å². The molecule has 0 aliphatic rings. The quantitative estimate of drug-likeness (QED) is 0.573. The summed E-state index contributed by atoms with van der Waals surface area (Å²) in [5.74, 6) is -0.137. The second-order valence-electron chi connectivity index (χ2n) is 5.73. The molecule has 0 radical (unpaired) electrons. The molecule has 0 unspecified atom stereocenters. The van der Waals surface area contributed by atoms with E-state index in [4.69, 9.17) is 23.2 Å². The SMILES string of the molecule is O=C(CC(c1ccccc1)c1ccccc1)Nc1cccc(Cl)c1Cl. The summed E-state index contributed by atoms with van der Waals surface area (Å²) in [4.78, 5) is 12.6. The normalized spacial score (nSPS) is 10.7. The maximum Gasteiger partial charge on any atom is 0.225 e. The Hall–Kier alpha value is -2.29. The molecule has 0 fully saturated rings. The van der Waals surface area contributed by atoms with Gasteiger partial charge in [-0.3, -0.25) is 4.79 Å². The Morgan fingerprint density at radius 2 is 1.36 bits per heavy atom. The molecule has 126 valence electrons. The molecule has 25 heavy (non-hydrogen) atoms. The molecule has 2 nitrogen and oxygen atoms in total. The lowest BCUT2D eigenvalue weighted by Crippen LogP contribution is -2.16. The summed E-state index contributed by atoms with van der Waals surface area (Å²) in [6.07, 6.45) is 0.316. The van der Waals surface area contributed by atoms with Gasteiger partial charge in [-0.15, -0.1) is 0 Å². The first-order valence-corrected chi connectivity index (χ1v) is 8.74. The Labute approximate surface area is 157 Å². The molecule has 4 heteroatoms. The maximum atomic E-state index is 12.6. The van der Waals surface area contributed by atoms with Crippen molar-refractivity contribution in [2.75, 3.05) is 5.32 Å². The molecule has 0 aliphatic carbocycles. The fourth-order valence-electron chi connectivity index (χ4n) is 2.79. The molecule has 3 rings (SSSR count). The lowest BCUT2D eigenvalue weighted by Gasteiger charge is -2.18. The third-order valence-electron chi connectivity index (χ3n) is 4.02. The van der Waals surface area contributed by atoms with Gasteiger partial charge in [-0.25, -0.2) is 0 Å². The zero-order valence-electron chi connectivity index (χ0n) is 13.5. The van der Waals surface area contributed by atoms with Crippen LogP contribution in [0.25, 0.3) is 0 Å². The Bertz CT molecular complexity index is 811. The molecule has 0 saturated carbocycles. The Morgan fingerprint density at radius 1 is 0.800 bits per heavy atom. The van der Waals surface area contributed by atoms with Crippen LogP contribution in [-0.2, 0) is 4.79 Å². The number of anilines is 1. The topological polar surface area (TPSA) is 29.1 Å². The zero-order valence-corrected chi connectivity index (χ0v) is 15.0. The highest BCUT2D eigenvalue weighted by atomic mass is 35.5. The first-order chi connectivity index (χ1) is 12.1. The van der Waals surface area contributed by atoms with Gasteiger partial charge >= 0.3 is 0 Å². The van der Waals surface area contributed by atoms with E-state index in [9.17, 15) is 4.79 Å². The van der Waals surface area contributed by atoms with Crippen molar-refractivity contribution in [3.05, 3.63) is 100 Å². The van der Waals surface area contributed by atoms with Crippen LogP contribution in [0.4, 0.5) is 5.69 Å². The van der Waals surface area contributed by atoms with Gasteiger partial charge in [-0.05, 0) is 23.3 Å². The van der Waals surface area contributed by atoms with Crippen LogP contribution in [0.1, 0.15) is 23.5 Å². The highest BCUT2D eigenvalue weighted by molar-refractivity contribution is 6.43. The first kappa shape index (κ1) is 17.5. The second kappa shape index (κ2) is 8.19. The smallest absolute Gasteiger partial charge is 0.225 e. The average Bonchev–Trinajstić information content (AvgIpc) is 2.65. The van der Waals surface area contributed by atoms with Gasteiger partial charge in [0.05, 0.1) is 15.7 Å². The predicted molar refractivity (Wildman–Crippen MR) is 104 cm³/mol. The first-order valence-electron chi connectivity index (χ1n) is 7.99. The van der Waals surface area contributed by atoms with Crippen LogP contribution in [0.5, 0.6) is 0 Å². The number of carbonyl (C=O) groups excluding carboxylic acids is 1. The Morgan fingerprint density at radius 3 is 1.92 bits per heavy atom. The molecule has 0 aromatic heterocycles. The number of amides is 1. The van der Waals surface area contributed by atoms with E-state index in [1.165, 1.54) is 0 Å². The van der Waals surface area contributed by atoms with E-state index in [0.29, 0.717) is 22.2 Å². The molecular weight excluding hydrogens is 353 g/mol. The van der Waals surface area contributed by atoms with Gasteiger partial charge in [0, 0.05) is 12.3 Å². The van der Waals surface area contributed by atoms with Crippen molar-refractivity contribution < 1.29 is 4.79 Å². The molecule has 0 aliphatic heterocycles. The molecule has 0 heterocycles. The van der Waals surface area contributed by atoms with Crippen LogP contribution in [0.3, 0.4) is 0 Å². The van der Waals surface area contributed by atoms with Crippen molar-refractivity contribution >= 4 is 34.8 Å². The molecule has 0 spiro atoms. The molecular formula is C21H17Cl2NO. The summed E-state index contributed by atoms with van der Waals surface area (Å²) in [6, 6.07) is 25.2. The molecule has 3 aromatic carbocycles. The number of halogens is 2. The van der Waals surface area contributed by atoms with Crippen molar-refractivity contribution in [2.45, 2.75) is 12.3 Å². The predicted octanol–water partition coefficient (Wildman–Crippen LogP) is 6.15. The van der Waals surface area contributed by atoms with E-state index >= 15 is 0 Å². The van der Waals surface area contributed by atoms with Crippen LogP contribution in [0.15, 0.2) is 78.9 Å². The maximum absolute atomic E-state index is 12.6. The highest BCUT2D eigenvalue weighted by Gasteiger charge is 2.19. The van der Waals surface area contributed by atoms with E-state index in [1.807, 2.05) is 60.7 Å². The van der Waals surface area contributed by atoms with Gasteiger partial charge in [0.25, 0.3) is 0 Å². The zero-order chi connectivity index (χ0) is 17.6. The Balaban J connectivity index is 1.83. The van der Waals surface area contributed by atoms with E-state index in [1.54, 1.807) is 18.2 Å². The van der Waals surface area contributed by atoms with Crippen LogP contribution in [-0.4, -0.2) is 5.91 Å². The minimum Gasteiger partial charge on any atom is -0.325 e. The summed E-state index contributed by atoms with van der Waals surface area (Å²) in [5, 5.41) is 3.64. The fourth-order valence-corrected chi connectivity index (χ4v) is 3.13. The minimum absolute atomic E-state index is 0.0274. The number of rotatable bonds is 5. The minimum atomic E-state index is -0.109. The van der Waals surface area contributed by atoms with Gasteiger partial charge < -0.3 is 5.32 Å². The van der Waals surface area contributed by atoms with Gasteiger partial charge in [0.2, 0.25) is 5.91 Å². The van der Waals surface area contributed by atoms with E-state index < -0.39 is 0 Å². The third-order valence-corrected chi connectivity index (χ3v) is 4.84. The van der Waals surface area contributed by atoms with Crippen molar-refractivity contribution in [1.82, 2.24) is 0 Å². The summed E-state index contributed by atoms with van der Waals surface area (Å²) < 4.78 is 0. The summed E-state index contributed by atoms with van der Waals surface area (Å²) in [7, 11) is 0. The number of hydrogen-bond donors (Lipinski definition) is 1. The highest BCUT2D eigenvalue weighted by Crippen LogP contribution is 2.31. The van der Waals surface area contributed by atoms with Crippen LogP contribution in [0.2, 0.25) is 10.0 Å². The number of nitrogens with one attached hydrogen (secondary N) is 1. The lowest BCUT2D eigenvalue weighted by molar-refractivity contribution is -0.116. The van der Waals surface area contributed by atoms with Gasteiger partial charge in [0.1, 0.15) is 0 Å². The molecule has 1 N–H and O–H groups in total. The van der Waals surface area contributed by atoms with Gasteiger partial charge in [-0.1, -0.05) is 89.9 Å². The van der Waals surface area contributed by atoms with E-state index in [0.717, 1.165) is 11.1 Å². The van der Waals surface area contributed by atoms with Crippen molar-refractivity contribution in [1.29, 1.82) is 0 Å². The summed E-state index contributed by atoms with van der Waals surface area (Å²) in [5.41, 5.74) is 2.72. The molecule has 3 aromatic rings. The fraction of sp³-hybridized carbons (Fsp3) is 0.0952. The summed E-state index contributed by atoms with van der Waals surface area (Å²) in [6.45, 7) is 0. The van der Waals surface area contributed by atoms with Crippen molar-refractivity contribution in [2.24, 2.45) is 0 Å². The number of hydrogen-bond acceptors (Lipinski definition) is 1. The molecule has 0 saturated heterocycles. The van der Waals surface area contributed by atoms with E-state index in [-0.39, 0.29) is 11.8 Å².